The summed E-state index contributed by atoms with van der Waals surface area (Å²) in [5.74, 6) is -2.46. The number of carboxylic acids is 1. The Morgan fingerprint density at radius 3 is 2.43 bits per heavy atom. The highest BCUT2D eigenvalue weighted by Gasteiger charge is 2.17. The van der Waals surface area contributed by atoms with Crippen LogP contribution in [0.2, 0.25) is 0 Å². The van der Waals surface area contributed by atoms with E-state index in [0.29, 0.717) is 5.56 Å². The summed E-state index contributed by atoms with van der Waals surface area (Å²) in [6.07, 6.45) is 0. The lowest BCUT2D eigenvalue weighted by atomic mass is 10.2. The van der Waals surface area contributed by atoms with E-state index >= 15 is 0 Å². The number of anilines is 1. The number of rotatable bonds is 5. The van der Waals surface area contributed by atoms with Gasteiger partial charge in [-0.3, -0.25) is 4.72 Å². The third kappa shape index (κ3) is 4.03. The molecule has 110 valence electrons. The molecular formula is C14H12FNO4S. The minimum atomic E-state index is -3.79. The summed E-state index contributed by atoms with van der Waals surface area (Å²) in [6.45, 7) is 0. The lowest BCUT2D eigenvalue weighted by molar-refractivity contribution is 0.0697. The Morgan fingerprint density at radius 2 is 1.81 bits per heavy atom. The molecule has 7 heteroatoms. The maximum Gasteiger partial charge on any atom is 0.337 e. The van der Waals surface area contributed by atoms with Crippen LogP contribution >= 0.6 is 0 Å². The molecule has 0 aliphatic heterocycles. The molecule has 0 bridgehead atoms. The summed E-state index contributed by atoms with van der Waals surface area (Å²) in [6, 6.07) is 11.3. The third-order valence-corrected chi connectivity index (χ3v) is 3.92. The van der Waals surface area contributed by atoms with Gasteiger partial charge in [-0.2, -0.15) is 0 Å². The van der Waals surface area contributed by atoms with Crippen molar-refractivity contribution >= 4 is 21.7 Å². The van der Waals surface area contributed by atoms with Gasteiger partial charge in [0.25, 0.3) is 0 Å². The highest BCUT2D eigenvalue weighted by molar-refractivity contribution is 7.91. The molecule has 0 unspecified atom stereocenters. The van der Waals surface area contributed by atoms with Crippen molar-refractivity contribution in [2.24, 2.45) is 0 Å². The fourth-order valence-electron chi connectivity index (χ4n) is 1.78. The zero-order valence-corrected chi connectivity index (χ0v) is 11.6. The highest BCUT2D eigenvalue weighted by atomic mass is 32.2. The molecule has 2 N–H and O–H groups in total. The Balaban J connectivity index is 2.27. The molecule has 0 heterocycles. The van der Waals surface area contributed by atoms with Gasteiger partial charge in [0, 0.05) is 0 Å². The fraction of sp³-hybridized carbons (Fsp3) is 0.0714. The first-order valence-electron chi connectivity index (χ1n) is 5.95. The predicted molar refractivity (Wildman–Crippen MR) is 76.0 cm³/mol. The molecule has 5 nitrogen and oxygen atoms in total. The van der Waals surface area contributed by atoms with Gasteiger partial charge in [-0.15, -0.1) is 0 Å². The summed E-state index contributed by atoms with van der Waals surface area (Å²) in [4.78, 5) is 11.0. The van der Waals surface area contributed by atoms with E-state index in [1.165, 1.54) is 0 Å². The number of sulfonamides is 1. The van der Waals surface area contributed by atoms with Crippen LogP contribution in [0.25, 0.3) is 0 Å². The van der Waals surface area contributed by atoms with Crippen LogP contribution < -0.4 is 4.72 Å². The Hall–Kier alpha value is -2.41. The molecule has 0 fully saturated rings. The van der Waals surface area contributed by atoms with Crippen LogP contribution in [0.4, 0.5) is 10.1 Å². The monoisotopic (exact) mass is 309 g/mol. The van der Waals surface area contributed by atoms with Gasteiger partial charge in [0.15, 0.2) is 0 Å². The van der Waals surface area contributed by atoms with E-state index < -0.39 is 27.4 Å². The Morgan fingerprint density at radius 1 is 1.14 bits per heavy atom. The second kappa shape index (κ2) is 5.92. The average Bonchev–Trinajstić information content (AvgIpc) is 2.41. The number of hydrogen-bond acceptors (Lipinski definition) is 3. The molecule has 2 aromatic carbocycles. The summed E-state index contributed by atoms with van der Waals surface area (Å²) < 4.78 is 39.3. The van der Waals surface area contributed by atoms with Crippen molar-refractivity contribution in [2.75, 3.05) is 4.72 Å². The van der Waals surface area contributed by atoms with E-state index in [-0.39, 0.29) is 11.4 Å². The first-order chi connectivity index (χ1) is 9.87. The van der Waals surface area contributed by atoms with Crippen LogP contribution in [0, 0.1) is 5.82 Å². The van der Waals surface area contributed by atoms with Crippen molar-refractivity contribution in [3.63, 3.8) is 0 Å². The zero-order valence-electron chi connectivity index (χ0n) is 10.8. The Labute approximate surface area is 121 Å². The first-order valence-corrected chi connectivity index (χ1v) is 7.60. The van der Waals surface area contributed by atoms with Crippen molar-refractivity contribution in [3.8, 4) is 0 Å². The Bertz CT molecular complexity index is 760. The van der Waals surface area contributed by atoms with Gasteiger partial charge in [-0.25, -0.2) is 17.6 Å². The van der Waals surface area contributed by atoms with Gasteiger partial charge in [-0.1, -0.05) is 30.3 Å². The minimum absolute atomic E-state index is 0.167. The lowest BCUT2D eigenvalue weighted by Crippen LogP contribution is -2.17. The molecule has 0 aromatic heterocycles. The molecule has 2 aromatic rings. The van der Waals surface area contributed by atoms with Crippen LogP contribution in [-0.2, 0) is 15.8 Å². The normalized spacial score (nSPS) is 11.1. The van der Waals surface area contributed by atoms with Crippen molar-refractivity contribution in [1.29, 1.82) is 0 Å². The van der Waals surface area contributed by atoms with Crippen molar-refractivity contribution in [3.05, 3.63) is 65.5 Å². The topological polar surface area (TPSA) is 83.5 Å². The third-order valence-electron chi connectivity index (χ3n) is 2.68. The lowest BCUT2D eigenvalue weighted by Gasteiger charge is -2.10. The van der Waals surface area contributed by atoms with E-state index in [0.717, 1.165) is 18.2 Å². The average molecular weight is 309 g/mol. The number of nitrogens with one attached hydrogen (secondary N) is 1. The first kappa shape index (κ1) is 15.0. The predicted octanol–water partition coefficient (Wildman–Crippen LogP) is 2.47. The highest BCUT2D eigenvalue weighted by Crippen LogP contribution is 2.19. The number of halogens is 1. The molecule has 0 aliphatic rings. The van der Waals surface area contributed by atoms with Crippen molar-refractivity contribution < 1.29 is 22.7 Å². The van der Waals surface area contributed by atoms with Gasteiger partial charge in [0.2, 0.25) is 10.0 Å². The maximum absolute atomic E-state index is 13.0. The minimum Gasteiger partial charge on any atom is -0.478 e. The summed E-state index contributed by atoms with van der Waals surface area (Å²) in [7, 11) is -3.79. The molecule has 0 saturated heterocycles. The van der Waals surface area contributed by atoms with Gasteiger partial charge in [0.1, 0.15) is 5.82 Å². The SMILES string of the molecule is O=C(O)c1cc(F)ccc1NS(=O)(=O)Cc1ccccc1. The number of hydrogen-bond donors (Lipinski definition) is 2. The number of carboxylic acid groups (broad SMARTS) is 1. The second-order valence-corrected chi connectivity index (χ2v) is 6.06. The second-order valence-electron chi connectivity index (χ2n) is 4.34. The van der Waals surface area contributed by atoms with Crippen LogP contribution in [0.15, 0.2) is 48.5 Å². The fourth-order valence-corrected chi connectivity index (χ4v) is 3.00. The Kier molecular flexibility index (Phi) is 4.23. The molecule has 21 heavy (non-hydrogen) atoms. The summed E-state index contributed by atoms with van der Waals surface area (Å²) >= 11 is 0. The molecule has 0 radical (unpaired) electrons. The largest absolute Gasteiger partial charge is 0.478 e. The maximum atomic E-state index is 13.0. The van der Waals surface area contributed by atoms with Crippen molar-refractivity contribution in [2.45, 2.75) is 5.75 Å². The van der Waals surface area contributed by atoms with Gasteiger partial charge < -0.3 is 5.11 Å². The van der Waals surface area contributed by atoms with Crippen LogP contribution in [0.1, 0.15) is 15.9 Å². The van der Waals surface area contributed by atoms with Crippen LogP contribution in [0.3, 0.4) is 0 Å². The van der Waals surface area contributed by atoms with Gasteiger partial charge in [0.05, 0.1) is 17.0 Å². The van der Waals surface area contributed by atoms with Gasteiger partial charge in [-0.05, 0) is 23.8 Å². The molecule has 2 rings (SSSR count). The van der Waals surface area contributed by atoms with Crippen LogP contribution in [-0.4, -0.2) is 19.5 Å². The molecule has 0 saturated carbocycles. The molecular weight excluding hydrogens is 297 g/mol. The number of aromatic carboxylic acids is 1. The van der Waals surface area contributed by atoms with E-state index in [2.05, 4.69) is 4.72 Å². The van der Waals surface area contributed by atoms with Crippen LogP contribution in [0.5, 0.6) is 0 Å². The summed E-state index contributed by atoms with van der Waals surface area (Å²) in [5.41, 5.74) is -0.0459. The quantitative estimate of drug-likeness (QED) is 0.888. The van der Waals surface area contributed by atoms with E-state index in [4.69, 9.17) is 5.11 Å². The molecule has 0 aliphatic carbocycles. The van der Waals surface area contributed by atoms with E-state index in [1.807, 2.05) is 0 Å². The summed E-state index contributed by atoms with van der Waals surface area (Å²) in [5, 5.41) is 8.98. The number of benzene rings is 2. The van der Waals surface area contributed by atoms with E-state index in [9.17, 15) is 17.6 Å². The number of carbonyl (C=O) groups is 1. The molecule has 0 amide bonds. The van der Waals surface area contributed by atoms with Crippen molar-refractivity contribution in [1.82, 2.24) is 0 Å². The molecule has 0 spiro atoms. The van der Waals surface area contributed by atoms with E-state index in [1.54, 1.807) is 30.3 Å². The van der Waals surface area contributed by atoms with Gasteiger partial charge >= 0.3 is 5.97 Å². The smallest absolute Gasteiger partial charge is 0.337 e. The molecule has 0 atom stereocenters. The standard InChI is InChI=1S/C14H12FNO4S/c15-11-6-7-13(12(8-11)14(17)18)16-21(19,20)9-10-4-2-1-3-5-10/h1-8,16H,9H2,(H,17,18). The zero-order chi connectivity index (χ0) is 15.5.